The fourth-order valence-electron chi connectivity index (χ4n) is 3.09. The van der Waals surface area contributed by atoms with E-state index in [0.717, 1.165) is 18.4 Å². The second-order valence-corrected chi connectivity index (χ2v) is 6.66. The van der Waals surface area contributed by atoms with Crippen molar-refractivity contribution in [2.45, 2.75) is 32.6 Å². The molecule has 0 saturated carbocycles. The number of halogens is 1. The average Bonchev–Trinajstić information content (AvgIpc) is 3.07. The molecule has 1 aliphatic rings. The van der Waals surface area contributed by atoms with Gasteiger partial charge in [-0.05, 0) is 36.5 Å². The molecule has 142 valence electrons. The van der Waals surface area contributed by atoms with Crippen LogP contribution in [0, 0.1) is 11.7 Å². The highest BCUT2D eigenvalue weighted by Crippen LogP contribution is 2.21. The Hall–Kier alpha value is -2.44. The molecule has 1 heterocycles. The number of carbonyl (C=O) groups is 3. The van der Waals surface area contributed by atoms with Crippen LogP contribution in [0.15, 0.2) is 24.3 Å². The third-order valence-electron chi connectivity index (χ3n) is 4.46. The summed E-state index contributed by atoms with van der Waals surface area (Å²) in [5.41, 5.74) is 1.07. The number of hydrogen-bond donors (Lipinski definition) is 2. The van der Waals surface area contributed by atoms with E-state index in [1.165, 1.54) is 19.1 Å². The number of likely N-dealkylation sites (tertiary alicyclic amines) is 1. The first kappa shape index (κ1) is 19.9. The topological polar surface area (TPSA) is 78.5 Å². The lowest BCUT2D eigenvalue weighted by atomic mass is 9.99. The molecule has 0 radical (unpaired) electrons. The van der Waals surface area contributed by atoms with Crippen molar-refractivity contribution in [2.24, 2.45) is 5.92 Å². The first-order valence-corrected chi connectivity index (χ1v) is 8.97. The average molecular weight is 363 g/mol. The molecule has 26 heavy (non-hydrogen) atoms. The van der Waals surface area contributed by atoms with Crippen molar-refractivity contribution in [3.8, 4) is 0 Å². The predicted octanol–water partition coefficient (Wildman–Crippen LogP) is 1.25. The predicted molar refractivity (Wildman–Crippen MR) is 95.7 cm³/mol. The molecule has 0 aliphatic carbocycles. The molecule has 1 saturated heterocycles. The summed E-state index contributed by atoms with van der Waals surface area (Å²) in [6.45, 7) is 3.54. The van der Waals surface area contributed by atoms with Gasteiger partial charge in [-0.3, -0.25) is 14.4 Å². The highest BCUT2D eigenvalue weighted by atomic mass is 19.1. The summed E-state index contributed by atoms with van der Waals surface area (Å²) in [6.07, 6.45) is 2.09. The van der Waals surface area contributed by atoms with E-state index < -0.39 is 0 Å². The largest absolute Gasteiger partial charge is 0.355 e. The van der Waals surface area contributed by atoms with E-state index in [1.807, 2.05) is 0 Å². The highest BCUT2D eigenvalue weighted by molar-refractivity contribution is 5.84. The minimum atomic E-state index is -0.243. The van der Waals surface area contributed by atoms with E-state index in [4.69, 9.17) is 0 Å². The molecule has 1 aromatic rings. The Balaban J connectivity index is 1.64. The molecule has 1 atom stereocenters. The summed E-state index contributed by atoms with van der Waals surface area (Å²) in [4.78, 5) is 36.5. The van der Waals surface area contributed by atoms with Gasteiger partial charge in [0.1, 0.15) is 5.82 Å². The van der Waals surface area contributed by atoms with Gasteiger partial charge < -0.3 is 15.5 Å². The van der Waals surface area contributed by atoms with Crippen molar-refractivity contribution < 1.29 is 18.8 Å². The summed E-state index contributed by atoms with van der Waals surface area (Å²) in [7, 11) is 0. The van der Waals surface area contributed by atoms with E-state index in [-0.39, 0.29) is 36.4 Å². The van der Waals surface area contributed by atoms with E-state index in [9.17, 15) is 18.8 Å². The number of nitrogens with zero attached hydrogens (tertiary/aromatic N) is 1. The maximum atomic E-state index is 12.9. The van der Waals surface area contributed by atoms with Gasteiger partial charge in [0.2, 0.25) is 17.7 Å². The molecule has 0 bridgehead atoms. The van der Waals surface area contributed by atoms with Crippen molar-refractivity contribution in [2.75, 3.05) is 26.2 Å². The maximum absolute atomic E-state index is 12.9. The zero-order valence-electron chi connectivity index (χ0n) is 15.1. The van der Waals surface area contributed by atoms with Crippen LogP contribution in [0.1, 0.15) is 31.7 Å². The van der Waals surface area contributed by atoms with Gasteiger partial charge in [0.15, 0.2) is 0 Å². The number of rotatable bonds is 8. The minimum Gasteiger partial charge on any atom is -0.355 e. The quantitative estimate of drug-likeness (QED) is 0.683. The van der Waals surface area contributed by atoms with Crippen LogP contribution in [-0.2, 0) is 20.8 Å². The molecular weight excluding hydrogens is 337 g/mol. The lowest BCUT2D eigenvalue weighted by molar-refractivity contribution is -0.132. The van der Waals surface area contributed by atoms with Gasteiger partial charge in [0.05, 0.1) is 0 Å². The van der Waals surface area contributed by atoms with Gasteiger partial charge >= 0.3 is 0 Å². The minimum absolute atomic E-state index is 0.0105. The van der Waals surface area contributed by atoms with Gasteiger partial charge in [0.25, 0.3) is 0 Å². The molecule has 6 nitrogen and oxygen atoms in total. The van der Waals surface area contributed by atoms with Crippen LogP contribution >= 0.6 is 0 Å². The molecule has 2 N–H and O–H groups in total. The summed E-state index contributed by atoms with van der Waals surface area (Å²) >= 11 is 0. The highest BCUT2D eigenvalue weighted by Gasteiger charge is 2.26. The van der Waals surface area contributed by atoms with Gasteiger partial charge in [-0.25, -0.2) is 4.39 Å². The van der Waals surface area contributed by atoms with Gasteiger partial charge in [0, 0.05) is 45.9 Å². The van der Waals surface area contributed by atoms with E-state index in [2.05, 4.69) is 10.6 Å². The molecule has 0 spiro atoms. The van der Waals surface area contributed by atoms with Crippen LogP contribution in [-0.4, -0.2) is 48.8 Å². The normalized spacial score (nSPS) is 16.4. The summed E-state index contributed by atoms with van der Waals surface area (Å²) in [6, 6.07) is 6.48. The molecular formula is C19H26FN3O3. The van der Waals surface area contributed by atoms with Crippen LogP contribution < -0.4 is 10.6 Å². The maximum Gasteiger partial charge on any atom is 0.223 e. The van der Waals surface area contributed by atoms with Gasteiger partial charge in [-0.1, -0.05) is 12.1 Å². The second-order valence-electron chi connectivity index (χ2n) is 6.66. The van der Waals surface area contributed by atoms with Crippen LogP contribution in [0.25, 0.3) is 0 Å². The molecule has 1 unspecified atom stereocenters. The van der Waals surface area contributed by atoms with Crippen molar-refractivity contribution in [1.29, 1.82) is 0 Å². The van der Waals surface area contributed by atoms with Crippen molar-refractivity contribution in [3.63, 3.8) is 0 Å². The lowest BCUT2D eigenvalue weighted by Crippen LogP contribution is -2.35. The number of carbonyl (C=O) groups excluding carboxylic acids is 3. The van der Waals surface area contributed by atoms with Crippen LogP contribution in [0.2, 0.25) is 0 Å². The molecule has 2 rings (SSSR count). The first-order chi connectivity index (χ1) is 12.4. The fourth-order valence-corrected chi connectivity index (χ4v) is 3.09. The van der Waals surface area contributed by atoms with Crippen LogP contribution in [0.4, 0.5) is 4.39 Å². The Kier molecular flexibility index (Phi) is 7.56. The van der Waals surface area contributed by atoms with E-state index in [1.54, 1.807) is 17.0 Å². The molecule has 1 aromatic carbocycles. The zero-order valence-corrected chi connectivity index (χ0v) is 15.1. The third-order valence-corrected chi connectivity index (χ3v) is 4.46. The Labute approximate surface area is 153 Å². The second kappa shape index (κ2) is 9.89. The SMILES string of the molecule is CC(=O)NCCNC(=O)CCC(=O)N1CCC(Cc2ccc(F)cc2)C1. The monoisotopic (exact) mass is 363 g/mol. The molecule has 1 aliphatic heterocycles. The standard InChI is InChI=1S/C19H26FN3O3/c1-14(24)21-9-10-22-18(25)6-7-19(26)23-11-8-16(13-23)12-15-2-4-17(20)5-3-15/h2-5,16H,6-13H2,1H3,(H,21,24)(H,22,25). The zero-order chi connectivity index (χ0) is 18.9. The molecule has 0 aromatic heterocycles. The van der Waals surface area contributed by atoms with E-state index in [0.29, 0.717) is 32.1 Å². The van der Waals surface area contributed by atoms with Crippen molar-refractivity contribution in [1.82, 2.24) is 15.5 Å². The van der Waals surface area contributed by atoms with Crippen molar-refractivity contribution in [3.05, 3.63) is 35.6 Å². The number of hydrogen-bond acceptors (Lipinski definition) is 3. The number of amides is 3. The van der Waals surface area contributed by atoms with Crippen LogP contribution in [0.3, 0.4) is 0 Å². The smallest absolute Gasteiger partial charge is 0.223 e. The molecule has 7 heteroatoms. The van der Waals surface area contributed by atoms with Gasteiger partial charge in [-0.15, -0.1) is 0 Å². The summed E-state index contributed by atoms with van der Waals surface area (Å²) in [5, 5.41) is 5.26. The van der Waals surface area contributed by atoms with Crippen LogP contribution in [0.5, 0.6) is 0 Å². The first-order valence-electron chi connectivity index (χ1n) is 8.97. The Morgan fingerprint density at radius 2 is 1.81 bits per heavy atom. The number of benzene rings is 1. The third kappa shape index (κ3) is 6.82. The Bertz CT molecular complexity index is 633. The lowest BCUT2D eigenvalue weighted by Gasteiger charge is -2.16. The fraction of sp³-hybridized carbons (Fsp3) is 0.526. The molecule has 3 amide bonds. The van der Waals surface area contributed by atoms with Crippen molar-refractivity contribution >= 4 is 17.7 Å². The Morgan fingerprint density at radius 1 is 1.12 bits per heavy atom. The summed E-state index contributed by atoms with van der Waals surface area (Å²) < 4.78 is 12.9. The Morgan fingerprint density at radius 3 is 2.50 bits per heavy atom. The van der Waals surface area contributed by atoms with E-state index >= 15 is 0 Å². The summed E-state index contributed by atoms with van der Waals surface area (Å²) in [5.74, 6) is -0.212. The van der Waals surface area contributed by atoms with Gasteiger partial charge in [-0.2, -0.15) is 0 Å². The number of nitrogens with one attached hydrogen (secondary N) is 2. The molecule has 1 fully saturated rings.